The molecule has 7 heteroatoms. The second-order valence-electron chi connectivity index (χ2n) is 6.31. The van der Waals surface area contributed by atoms with E-state index in [4.69, 9.17) is 10.3 Å². The van der Waals surface area contributed by atoms with Crippen molar-refractivity contribution in [3.8, 4) is 11.4 Å². The molecule has 6 nitrogen and oxygen atoms in total. The summed E-state index contributed by atoms with van der Waals surface area (Å²) in [6.07, 6.45) is 1.31. The van der Waals surface area contributed by atoms with E-state index in [-0.39, 0.29) is 18.3 Å². The van der Waals surface area contributed by atoms with Gasteiger partial charge in [0.2, 0.25) is 17.6 Å². The maximum absolute atomic E-state index is 13.4. The Hall–Kier alpha value is -2.28. The van der Waals surface area contributed by atoms with Crippen molar-refractivity contribution < 1.29 is 13.7 Å². The number of nitrogens with zero attached hydrogens (tertiary/aromatic N) is 2. The zero-order chi connectivity index (χ0) is 18.6. The highest BCUT2D eigenvalue weighted by atomic mass is 19.1. The molecule has 0 spiro atoms. The van der Waals surface area contributed by atoms with E-state index in [9.17, 15) is 9.18 Å². The van der Waals surface area contributed by atoms with Crippen molar-refractivity contribution in [3.05, 3.63) is 35.5 Å². The first-order valence-corrected chi connectivity index (χ1v) is 8.48. The number of amides is 1. The van der Waals surface area contributed by atoms with Gasteiger partial charge in [0, 0.05) is 12.1 Å². The lowest BCUT2D eigenvalue weighted by Crippen LogP contribution is -2.46. The first-order valence-electron chi connectivity index (χ1n) is 8.48. The van der Waals surface area contributed by atoms with Crippen molar-refractivity contribution >= 4 is 5.91 Å². The van der Waals surface area contributed by atoms with E-state index in [0.29, 0.717) is 35.7 Å². The highest BCUT2D eigenvalue weighted by Crippen LogP contribution is 2.27. The summed E-state index contributed by atoms with van der Waals surface area (Å²) in [5.74, 6) is 0.244. The number of nitrogens with two attached hydrogens (primary N) is 1. The van der Waals surface area contributed by atoms with Crippen LogP contribution in [0.1, 0.15) is 51.1 Å². The molecule has 0 fully saturated rings. The van der Waals surface area contributed by atoms with Crippen LogP contribution >= 0.6 is 0 Å². The molecular formula is C18H25FN4O2. The first kappa shape index (κ1) is 19.1. The second kappa shape index (κ2) is 7.74. The summed E-state index contributed by atoms with van der Waals surface area (Å²) in [4.78, 5) is 16.9. The molecule has 0 saturated carbocycles. The van der Waals surface area contributed by atoms with Crippen LogP contribution in [0.5, 0.6) is 0 Å². The number of hydrogen-bond acceptors (Lipinski definition) is 5. The number of carbonyl (C=O) groups excluding carboxylic acids is 1. The molecule has 0 aliphatic carbocycles. The number of hydrogen-bond donors (Lipinski definition) is 2. The predicted molar refractivity (Wildman–Crippen MR) is 93.1 cm³/mol. The van der Waals surface area contributed by atoms with Gasteiger partial charge in [-0.15, -0.1) is 0 Å². The third-order valence-corrected chi connectivity index (χ3v) is 4.80. The van der Waals surface area contributed by atoms with Crippen LogP contribution in [-0.4, -0.2) is 22.6 Å². The van der Waals surface area contributed by atoms with E-state index in [1.165, 1.54) is 6.07 Å². The van der Waals surface area contributed by atoms with Gasteiger partial charge in [0.25, 0.3) is 0 Å². The third-order valence-electron chi connectivity index (χ3n) is 4.80. The zero-order valence-corrected chi connectivity index (χ0v) is 15.1. The van der Waals surface area contributed by atoms with Gasteiger partial charge in [-0.1, -0.05) is 19.0 Å². The van der Waals surface area contributed by atoms with E-state index >= 15 is 0 Å². The Bertz CT molecular complexity index is 732. The summed E-state index contributed by atoms with van der Waals surface area (Å²) in [6.45, 7) is 7.62. The summed E-state index contributed by atoms with van der Waals surface area (Å²) < 4.78 is 18.6. The third kappa shape index (κ3) is 3.87. The van der Waals surface area contributed by atoms with E-state index in [1.54, 1.807) is 26.0 Å². The van der Waals surface area contributed by atoms with Crippen molar-refractivity contribution in [2.24, 2.45) is 11.1 Å². The topological polar surface area (TPSA) is 94.0 Å². The number of carbonyl (C=O) groups is 1. The lowest BCUT2D eigenvalue weighted by molar-refractivity contribution is -0.131. The molecular weight excluding hydrogens is 323 g/mol. The monoisotopic (exact) mass is 348 g/mol. The molecule has 1 amide bonds. The number of halogens is 1. The molecule has 0 aliphatic rings. The first-order chi connectivity index (χ1) is 11.9. The van der Waals surface area contributed by atoms with Crippen LogP contribution in [0.15, 0.2) is 22.7 Å². The van der Waals surface area contributed by atoms with Crippen LogP contribution in [0.2, 0.25) is 0 Å². The molecule has 1 heterocycles. The van der Waals surface area contributed by atoms with Crippen LogP contribution in [0.3, 0.4) is 0 Å². The standard InChI is InChI=1S/C18H25FN4O2/c1-5-18(6-2,10-20)17(24)21-12(4)16-22-15(23-25-16)13-7-8-14(19)11(3)9-13/h7-9,12H,5-6,10,20H2,1-4H3,(H,21,24). The van der Waals surface area contributed by atoms with Gasteiger partial charge in [-0.25, -0.2) is 4.39 Å². The van der Waals surface area contributed by atoms with Crippen molar-refractivity contribution in [3.63, 3.8) is 0 Å². The number of benzene rings is 1. The smallest absolute Gasteiger partial charge is 0.249 e. The van der Waals surface area contributed by atoms with Gasteiger partial charge >= 0.3 is 0 Å². The Labute approximate surface area is 147 Å². The van der Waals surface area contributed by atoms with E-state index in [1.807, 2.05) is 13.8 Å². The van der Waals surface area contributed by atoms with Crippen LogP contribution in [0.4, 0.5) is 4.39 Å². The molecule has 0 radical (unpaired) electrons. The number of aromatic nitrogens is 2. The van der Waals surface area contributed by atoms with E-state index in [0.717, 1.165) is 0 Å². The summed E-state index contributed by atoms with van der Waals surface area (Å²) in [6, 6.07) is 4.16. The lowest BCUT2D eigenvalue weighted by Gasteiger charge is -2.29. The van der Waals surface area contributed by atoms with Crippen LogP contribution < -0.4 is 11.1 Å². The van der Waals surface area contributed by atoms with Crippen molar-refractivity contribution in [1.82, 2.24) is 15.5 Å². The molecule has 1 aromatic carbocycles. The van der Waals surface area contributed by atoms with Gasteiger partial charge < -0.3 is 15.6 Å². The summed E-state index contributed by atoms with van der Waals surface area (Å²) in [7, 11) is 0. The molecule has 0 aliphatic heterocycles. The lowest BCUT2D eigenvalue weighted by atomic mass is 9.81. The molecule has 2 rings (SSSR count). The van der Waals surface area contributed by atoms with Gasteiger partial charge in [-0.05, 0) is 50.5 Å². The van der Waals surface area contributed by atoms with E-state index in [2.05, 4.69) is 15.5 Å². The highest BCUT2D eigenvalue weighted by Gasteiger charge is 2.34. The number of nitrogens with one attached hydrogen (secondary N) is 1. The van der Waals surface area contributed by atoms with Crippen LogP contribution in [0, 0.1) is 18.2 Å². The molecule has 1 atom stereocenters. The van der Waals surface area contributed by atoms with E-state index < -0.39 is 11.5 Å². The fraction of sp³-hybridized carbons (Fsp3) is 0.500. The average molecular weight is 348 g/mol. The highest BCUT2D eigenvalue weighted by molar-refractivity contribution is 5.83. The summed E-state index contributed by atoms with van der Waals surface area (Å²) in [5, 5.41) is 6.82. The normalized spacial score (nSPS) is 12.9. The molecule has 1 aromatic heterocycles. The minimum absolute atomic E-state index is 0.120. The average Bonchev–Trinajstić information content (AvgIpc) is 3.09. The molecule has 2 aromatic rings. The Kier molecular flexibility index (Phi) is 5.89. The van der Waals surface area contributed by atoms with Gasteiger partial charge in [0.1, 0.15) is 11.9 Å². The SMILES string of the molecule is CCC(CC)(CN)C(=O)NC(C)c1nc(-c2ccc(F)c(C)c2)no1. The molecule has 25 heavy (non-hydrogen) atoms. The zero-order valence-electron chi connectivity index (χ0n) is 15.1. The van der Waals surface area contributed by atoms with Crippen molar-refractivity contribution in [1.29, 1.82) is 0 Å². The van der Waals surface area contributed by atoms with Crippen molar-refractivity contribution in [2.45, 2.75) is 46.6 Å². The maximum atomic E-state index is 13.4. The molecule has 0 saturated heterocycles. The van der Waals surface area contributed by atoms with Gasteiger partial charge in [-0.3, -0.25) is 4.79 Å². The van der Waals surface area contributed by atoms with Gasteiger partial charge in [0.15, 0.2) is 0 Å². The van der Waals surface area contributed by atoms with Crippen LogP contribution in [-0.2, 0) is 4.79 Å². The minimum atomic E-state index is -0.592. The van der Waals surface area contributed by atoms with Gasteiger partial charge in [-0.2, -0.15) is 4.98 Å². The second-order valence-corrected chi connectivity index (χ2v) is 6.31. The van der Waals surface area contributed by atoms with Crippen molar-refractivity contribution in [2.75, 3.05) is 6.54 Å². The fourth-order valence-corrected chi connectivity index (χ4v) is 2.68. The van der Waals surface area contributed by atoms with Crippen LogP contribution in [0.25, 0.3) is 11.4 Å². The maximum Gasteiger partial charge on any atom is 0.249 e. The molecule has 3 N–H and O–H groups in total. The summed E-state index contributed by atoms with van der Waals surface area (Å²) in [5.41, 5.74) is 6.38. The van der Waals surface area contributed by atoms with Gasteiger partial charge in [0.05, 0.1) is 5.41 Å². The predicted octanol–water partition coefficient (Wildman–Crippen LogP) is 3.13. The number of rotatable bonds is 7. The fourth-order valence-electron chi connectivity index (χ4n) is 2.68. The molecule has 0 bridgehead atoms. The quantitative estimate of drug-likeness (QED) is 0.802. The Balaban J connectivity index is 2.16. The Morgan fingerprint density at radius 1 is 1.40 bits per heavy atom. The Morgan fingerprint density at radius 2 is 2.08 bits per heavy atom. The number of aryl methyl sites for hydroxylation is 1. The Morgan fingerprint density at radius 3 is 2.64 bits per heavy atom. The molecule has 1 unspecified atom stereocenters. The largest absolute Gasteiger partial charge is 0.344 e. The summed E-state index contributed by atoms with van der Waals surface area (Å²) >= 11 is 0. The molecule has 136 valence electrons. The minimum Gasteiger partial charge on any atom is -0.344 e.